The van der Waals surface area contributed by atoms with Gasteiger partial charge in [0.05, 0.1) is 12.2 Å². The Kier molecular flexibility index (Phi) is 5.99. The smallest absolute Gasteiger partial charge is 0.287 e. The number of furan rings is 1. The number of fused-ring (bicyclic) bond motifs is 1. The molecule has 0 bridgehead atoms. The van der Waals surface area contributed by atoms with E-state index in [-0.39, 0.29) is 36.1 Å². The van der Waals surface area contributed by atoms with Crippen molar-refractivity contribution in [3.05, 3.63) is 77.5 Å². The third-order valence-corrected chi connectivity index (χ3v) is 5.36. The average Bonchev–Trinajstić information content (AvgIpc) is 3.24. The van der Waals surface area contributed by atoms with Crippen LogP contribution in [0.15, 0.2) is 59.1 Å². The maximum absolute atomic E-state index is 12.6. The third kappa shape index (κ3) is 4.82. The van der Waals surface area contributed by atoms with E-state index in [4.69, 9.17) is 9.15 Å². The summed E-state index contributed by atoms with van der Waals surface area (Å²) in [7, 11) is 0. The Bertz CT molecular complexity index is 1120. The van der Waals surface area contributed by atoms with Crippen molar-refractivity contribution in [2.24, 2.45) is 0 Å². The molecule has 7 nitrogen and oxygen atoms in total. The highest BCUT2D eigenvalue weighted by atomic mass is 16.5. The van der Waals surface area contributed by atoms with Gasteiger partial charge in [-0.1, -0.05) is 32.9 Å². The van der Waals surface area contributed by atoms with Crippen LogP contribution in [0.1, 0.15) is 48.3 Å². The van der Waals surface area contributed by atoms with Crippen LogP contribution in [0.3, 0.4) is 0 Å². The normalized spacial score (nSPS) is 13.5. The highest BCUT2D eigenvalue weighted by Gasteiger charge is 2.28. The summed E-state index contributed by atoms with van der Waals surface area (Å²) in [5, 5.41) is 2.84. The number of amides is 2. The molecule has 3 aromatic rings. The first kappa shape index (κ1) is 21.6. The Balaban J connectivity index is 1.44. The van der Waals surface area contributed by atoms with E-state index in [0.29, 0.717) is 30.2 Å². The van der Waals surface area contributed by atoms with Gasteiger partial charge in [0.1, 0.15) is 11.5 Å². The molecular weight excluding hydrogens is 406 g/mol. The molecule has 0 aliphatic carbocycles. The van der Waals surface area contributed by atoms with Crippen molar-refractivity contribution in [2.75, 3.05) is 18.1 Å². The summed E-state index contributed by atoms with van der Waals surface area (Å²) in [6, 6.07) is 14.9. The second-order valence-electron chi connectivity index (χ2n) is 8.79. The summed E-state index contributed by atoms with van der Waals surface area (Å²) >= 11 is 0. The Labute approximate surface area is 187 Å². The quantitative estimate of drug-likeness (QED) is 0.638. The zero-order valence-electron chi connectivity index (χ0n) is 18.6. The Morgan fingerprint density at radius 3 is 2.75 bits per heavy atom. The lowest BCUT2D eigenvalue weighted by Crippen LogP contribution is -2.38. The topological polar surface area (TPSA) is 84.7 Å². The minimum absolute atomic E-state index is 0.0244. The first-order chi connectivity index (χ1) is 15.3. The number of rotatable bonds is 6. The van der Waals surface area contributed by atoms with Crippen molar-refractivity contribution in [3.8, 4) is 5.75 Å². The van der Waals surface area contributed by atoms with Crippen molar-refractivity contribution >= 4 is 17.5 Å². The number of nitrogens with one attached hydrogen (secondary N) is 1. The molecule has 3 heterocycles. The maximum Gasteiger partial charge on any atom is 0.287 e. The number of nitrogens with zero attached hydrogens (tertiary/aromatic N) is 2. The maximum atomic E-state index is 12.6. The van der Waals surface area contributed by atoms with Crippen LogP contribution >= 0.6 is 0 Å². The van der Waals surface area contributed by atoms with Crippen molar-refractivity contribution in [1.29, 1.82) is 0 Å². The molecule has 0 unspecified atom stereocenters. The number of ether oxygens (including phenoxy) is 1. The number of carbonyl (C=O) groups is 2. The molecule has 2 amide bonds. The summed E-state index contributed by atoms with van der Waals surface area (Å²) < 4.78 is 11.4. The van der Waals surface area contributed by atoms with Crippen LogP contribution in [0.4, 0.5) is 5.69 Å². The van der Waals surface area contributed by atoms with Crippen LogP contribution < -0.4 is 15.0 Å². The van der Waals surface area contributed by atoms with Gasteiger partial charge in [0.2, 0.25) is 0 Å². The van der Waals surface area contributed by atoms with Gasteiger partial charge in [-0.15, -0.1) is 0 Å². The molecule has 32 heavy (non-hydrogen) atoms. The predicted molar refractivity (Wildman–Crippen MR) is 121 cm³/mol. The van der Waals surface area contributed by atoms with Gasteiger partial charge in [-0.25, -0.2) is 0 Å². The van der Waals surface area contributed by atoms with E-state index < -0.39 is 0 Å². The number of hydrogen-bond acceptors (Lipinski definition) is 5. The summed E-state index contributed by atoms with van der Waals surface area (Å²) in [5.41, 5.74) is 2.66. The lowest BCUT2D eigenvalue weighted by atomic mass is 9.86. The van der Waals surface area contributed by atoms with Gasteiger partial charge in [0.25, 0.3) is 11.8 Å². The molecular formula is C25H27N3O4. The fourth-order valence-electron chi connectivity index (χ4n) is 3.52. The largest absolute Gasteiger partial charge is 0.482 e. The van der Waals surface area contributed by atoms with Crippen LogP contribution in [0.5, 0.6) is 5.75 Å². The summed E-state index contributed by atoms with van der Waals surface area (Å²) in [6.07, 6.45) is 2.36. The van der Waals surface area contributed by atoms with Gasteiger partial charge < -0.3 is 14.5 Å². The fourth-order valence-corrected chi connectivity index (χ4v) is 3.52. The predicted octanol–water partition coefficient (Wildman–Crippen LogP) is 3.87. The first-order valence-corrected chi connectivity index (χ1v) is 10.7. The molecule has 0 saturated heterocycles. The average molecular weight is 434 g/mol. The molecule has 0 radical (unpaired) electrons. The van der Waals surface area contributed by atoms with Crippen molar-refractivity contribution < 1.29 is 18.7 Å². The van der Waals surface area contributed by atoms with E-state index in [1.165, 1.54) is 0 Å². The number of aromatic nitrogens is 1. The molecule has 4 rings (SSSR count). The molecule has 1 aliphatic rings. The minimum atomic E-state index is -0.295. The van der Waals surface area contributed by atoms with E-state index >= 15 is 0 Å². The summed E-state index contributed by atoms with van der Waals surface area (Å²) in [6.45, 7) is 7.02. The monoisotopic (exact) mass is 433 g/mol. The molecule has 1 N–H and O–H groups in total. The van der Waals surface area contributed by atoms with E-state index in [1.807, 2.05) is 36.4 Å². The minimum Gasteiger partial charge on any atom is -0.482 e. The summed E-state index contributed by atoms with van der Waals surface area (Å²) in [5.74, 6) is 0.960. The standard InChI is InChI=1S/C25H27N3O4/c1-25(2,3)17-7-9-21-20(14-17)28(23(29)16-31-21)15-19-8-10-22(32-19)24(30)27-13-11-18-6-4-5-12-26-18/h4-10,12,14H,11,13,15-16H2,1-3H3,(H,27,30). The van der Waals surface area contributed by atoms with Crippen LogP contribution in [-0.2, 0) is 23.2 Å². The first-order valence-electron chi connectivity index (χ1n) is 10.7. The van der Waals surface area contributed by atoms with Crippen molar-refractivity contribution in [1.82, 2.24) is 10.3 Å². The number of pyridine rings is 1. The molecule has 0 saturated carbocycles. The van der Waals surface area contributed by atoms with Gasteiger partial charge >= 0.3 is 0 Å². The third-order valence-electron chi connectivity index (χ3n) is 5.36. The number of carbonyl (C=O) groups excluding carboxylic acids is 2. The summed E-state index contributed by atoms with van der Waals surface area (Å²) in [4.78, 5) is 30.9. The Morgan fingerprint density at radius 2 is 2.00 bits per heavy atom. The van der Waals surface area contributed by atoms with Gasteiger partial charge in [0.15, 0.2) is 12.4 Å². The highest BCUT2D eigenvalue weighted by molar-refractivity contribution is 5.98. The van der Waals surface area contributed by atoms with Gasteiger partial charge in [-0.3, -0.25) is 19.5 Å². The zero-order valence-corrected chi connectivity index (χ0v) is 18.6. The lowest BCUT2D eigenvalue weighted by molar-refractivity contribution is -0.121. The molecule has 1 aliphatic heterocycles. The molecule has 7 heteroatoms. The van der Waals surface area contributed by atoms with E-state index in [1.54, 1.807) is 23.2 Å². The molecule has 1 aromatic carbocycles. The van der Waals surface area contributed by atoms with Crippen LogP contribution in [-0.4, -0.2) is 29.9 Å². The molecule has 0 spiro atoms. The second kappa shape index (κ2) is 8.86. The molecule has 166 valence electrons. The van der Waals surface area contributed by atoms with Gasteiger partial charge in [-0.2, -0.15) is 0 Å². The molecule has 0 atom stereocenters. The molecule has 2 aromatic heterocycles. The number of hydrogen-bond donors (Lipinski definition) is 1. The SMILES string of the molecule is CC(C)(C)c1ccc2c(c1)N(Cc1ccc(C(=O)NCCc3ccccn3)o1)C(=O)CO2. The van der Waals surface area contributed by atoms with Crippen LogP contribution in [0.25, 0.3) is 0 Å². The zero-order chi connectivity index (χ0) is 22.7. The Morgan fingerprint density at radius 1 is 1.16 bits per heavy atom. The van der Waals surface area contributed by atoms with Crippen molar-refractivity contribution in [3.63, 3.8) is 0 Å². The molecule has 0 fully saturated rings. The second-order valence-corrected chi connectivity index (χ2v) is 8.79. The number of benzene rings is 1. The van der Waals surface area contributed by atoms with Gasteiger partial charge in [-0.05, 0) is 47.4 Å². The lowest BCUT2D eigenvalue weighted by Gasteiger charge is -2.30. The van der Waals surface area contributed by atoms with Gasteiger partial charge in [0, 0.05) is 24.9 Å². The number of anilines is 1. The van der Waals surface area contributed by atoms with E-state index in [0.717, 1.165) is 11.3 Å². The van der Waals surface area contributed by atoms with Crippen molar-refractivity contribution in [2.45, 2.75) is 39.2 Å². The van der Waals surface area contributed by atoms with E-state index in [2.05, 4.69) is 31.1 Å². The van der Waals surface area contributed by atoms with Crippen LogP contribution in [0.2, 0.25) is 0 Å². The van der Waals surface area contributed by atoms with Crippen LogP contribution in [0, 0.1) is 0 Å². The highest BCUT2D eigenvalue weighted by Crippen LogP contribution is 2.37. The fraction of sp³-hybridized carbons (Fsp3) is 0.320. The Hall–Kier alpha value is -3.61. The van der Waals surface area contributed by atoms with E-state index in [9.17, 15) is 9.59 Å².